The van der Waals surface area contributed by atoms with Crippen molar-refractivity contribution in [3.05, 3.63) is 97.1 Å². The van der Waals surface area contributed by atoms with Crippen LogP contribution in [0.5, 0.6) is 11.5 Å². The predicted molar refractivity (Wildman–Crippen MR) is 233 cm³/mol. The van der Waals surface area contributed by atoms with Crippen LogP contribution < -0.4 is 24.8 Å². The number of benzene rings is 3. The summed E-state index contributed by atoms with van der Waals surface area (Å²) < 4.78 is 46.5. The molecule has 16 heteroatoms. The van der Waals surface area contributed by atoms with Gasteiger partial charge in [-0.25, -0.2) is 22.9 Å². The fourth-order valence-corrected chi connectivity index (χ4v) is 8.01. The number of fused-ring (bicyclic) bond motifs is 1. The molecule has 15 nitrogen and oxygen atoms in total. The van der Waals surface area contributed by atoms with E-state index in [2.05, 4.69) is 21.9 Å². The van der Waals surface area contributed by atoms with E-state index < -0.39 is 68.6 Å². The number of hydrogen-bond acceptors (Lipinski definition) is 11. The number of allylic oxidation sites excluding steroid dienone is 1. The number of methoxy groups -OCH3 is 1. The number of amides is 4. The highest BCUT2D eigenvalue weighted by Gasteiger charge is 2.48. The van der Waals surface area contributed by atoms with Gasteiger partial charge in [0.05, 0.1) is 41.4 Å². The van der Waals surface area contributed by atoms with Crippen molar-refractivity contribution in [3.63, 3.8) is 0 Å². The second-order valence-electron chi connectivity index (χ2n) is 17.4. The Morgan fingerprint density at radius 3 is 2.26 bits per heavy atom. The quantitative estimate of drug-likeness (QED) is 0.118. The van der Waals surface area contributed by atoms with E-state index in [0.29, 0.717) is 28.1 Å². The number of nitrogens with one attached hydrogen (secondary N) is 3. The third-order valence-corrected chi connectivity index (χ3v) is 11.6. The summed E-state index contributed by atoms with van der Waals surface area (Å²) >= 11 is 0. The third-order valence-electron chi connectivity index (χ3n) is 10.2. The Morgan fingerprint density at radius 1 is 0.984 bits per heavy atom. The summed E-state index contributed by atoms with van der Waals surface area (Å²) in [5.41, 5.74) is -1.35. The Labute approximate surface area is 362 Å². The van der Waals surface area contributed by atoms with Crippen LogP contribution in [0.2, 0.25) is 0 Å². The summed E-state index contributed by atoms with van der Waals surface area (Å²) in [5, 5.41) is 15.3. The van der Waals surface area contributed by atoms with E-state index in [9.17, 15) is 27.6 Å². The van der Waals surface area contributed by atoms with E-state index in [1.807, 2.05) is 42.5 Å². The molecule has 62 heavy (non-hydrogen) atoms. The molecule has 328 valence electrons. The van der Waals surface area contributed by atoms with Crippen LogP contribution in [0.25, 0.3) is 22.2 Å². The summed E-state index contributed by atoms with van der Waals surface area (Å²) in [6, 6.07) is 21.1. The van der Waals surface area contributed by atoms with E-state index in [4.69, 9.17) is 24.5 Å². The highest BCUT2D eigenvalue weighted by atomic mass is 32.2. The maximum absolute atomic E-state index is 14.8. The van der Waals surface area contributed by atoms with Crippen molar-refractivity contribution in [2.75, 3.05) is 13.7 Å². The number of ether oxygens (including phenoxy) is 3. The lowest BCUT2D eigenvalue weighted by Crippen LogP contribution is -2.62. The van der Waals surface area contributed by atoms with Gasteiger partial charge < -0.3 is 29.7 Å². The van der Waals surface area contributed by atoms with Crippen LogP contribution in [0.4, 0.5) is 4.79 Å². The number of nitrogens with zero attached hydrogens (tertiary/aromatic N) is 3. The highest BCUT2D eigenvalue weighted by molar-refractivity contribution is 7.90. The van der Waals surface area contributed by atoms with E-state index in [1.165, 1.54) is 42.2 Å². The smallest absolute Gasteiger partial charge is 0.408 e. The molecule has 4 aromatic rings. The standard InChI is InChI=1S/C46H54N6O9S/c1-10-11-23-46(8,42(55)51-62(57,58)33-20-17-29(27-47)18-21-33)50-40(53)37-25-32(28-52(37)41(54)39(44(2,3)4)49-43(56)61-45(5,6)7)60-38-26-35(30-15-13-12-14-16-30)48-36-24-31(59-9)19-22-34(36)38/h10,12-22,24,26,32,37,39H,1,11,23,25,28H2,2-9H3,(H,49,56)(H,50,53)(H,51,55)/t32-,37+,39-,46+/m1/s1. The largest absolute Gasteiger partial charge is 0.497 e. The van der Waals surface area contributed by atoms with E-state index in [1.54, 1.807) is 66.9 Å². The van der Waals surface area contributed by atoms with Gasteiger partial charge >= 0.3 is 6.09 Å². The minimum atomic E-state index is -4.45. The summed E-state index contributed by atoms with van der Waals surface area (Å²) in [5.74, 6) is -1.40. The molecular weight excluding hydrogens is 813 g/mol. The number of hydrogen-bond donors (Lipinski definition) is 3. The molecule has 1 fully saturated rings. The molecule has 0 bridgehead atoms. The second kappa shape index (κ2) is 18.7. The fraction of sp³-hybridized carbons (Fsp3) is 0.391. The van der Waals surface area contributed by atoms with E-state index in [0.717, 1.165) is 5.56 Å². The Bertz CT molecular complexity index is 2470. The molecule has 3 aromatic carbocycles. The Balaban J connectivity index is 1.53. The zero-order chi connectivity index (χ0) is 45.6. The molecule has 0 saturated carbocycles. The van der Waals surface area contributed by atoms with Gasteiger partial charge in [0.2, 0.25) is 11.8 Å². The van der Waals surface area contributed by atoms with Crippen LogP contribution in [0.15, 0.2) is 96.4 Å². The van der Waals surface area contributed by atoms with Crippen molar-refractivity contribution >= 4 is 44.7 Å². The molecule has 0 unspecified atom stereocenters. The zero-order valence-electron chi connectivity index (χ0n) is 36.3. The van der Waals surface area contributed by atoms with Gasteiger partial charge in [0.25, 0.3) is 15.9 Å². The van der Waals surface area contributed by atoms with Crippen LogP contribution in [-0.2, 0) is 29.1 Å². The first kappa shape index (κ1) is 46.6. The predicted octanol–water partition coefficient (Wildman–Crippen LogP) is 6.42. The maximum atomic E-state index is 14.8. The number of sulfonamides is 1. The topological polar surface area (TPSA) is 206 Å². The molecule has 1 aromatic heterocycles. The van der Waals surface area contributed by atoms with Gasteiger partial charge in [-0.05, 0) is 82.3 Å². The normalized spacial score (nSPS) is 16.9. The lowest BCUT2D eigenvalue weighted by atomic mass is 9.85. The van der Waals surface area contributed by atoms with Crippen molar-refractivity contribution in [2.24, 2.45) is 5.41 Å². The van der Waals surface area contributed by atoms with Gasteiger partial charge in [-0.15, -0.1) is 6.58 Å². The second-order valence-corrected chi connectivity index (χ2v) is 19.1. The molecular formula is C46H54N6O9S. The Morgan fingerprint density at radius 2 is 1.66 bits per heavy atom. The SMILES string of the molecule is C=CCC[C@](C)(NC(=O)[C@@H]1C[C@@H](Oc2cc(-c3ccccc3)nc3cc(OC)ccc23)CN1C(=O)[C@@H](NC(=O)OC(C)(C)C)C(C)(C)C)C(=O)NS(=O)(=O)c1ccc(C#N)cc1. The minimum Gasteiger partial charge on any atom is -0.497 e. The monoisotopic (exact) mass is 866 g/mol. The lowest BCUT2D eigenvalue weighted by Gasteiger charge is -2.36. The van der Waals surface area contributed by atoms with Crippen molar-refractivity contribution in [1.82, 2.24) is 25.2 Å². The number of rotatable bonds is 14. The van der Waals surface area contributed by atoms with Gasteiger partial charge in [0, 0.05) is 29.5 Å². The van der Waals surface area contributed by atoms with Gasteiger partial charge in [-0.2, -0.15) is 5.26 Å². The molecule has 1 aliphatic heterocycles. The molecule has 4 amide bonds. The molecule has 0 spiro atoms. The van der Waals surface area contributed by atoms with Crippen LogP contribution >= 0.6 is 0 Å². The lowest BCUT2D eigenvalue weighted by molar-refractivity contribution is -0.143. The van der Waals surface area contributed by atoms with Gasteiger partial charge in [-0.3, -0.25) is 14.4 Å². The number of likely N-dealkylation sites (tertiary alicyclic amines) is 1. The van der Waals surface area contributed by atoms with E-state index >= 15 is 0 Å². The van der Waals surface area contributed by atoms with Crippen molar-refractivity contribution in [3.8, 4) is 28.8 Å². The van der Waals surface area contributed by atoms with Gasteiger partial charge in [0.15, 0.2) is 0 Å². The number of nitriles is 1. The number of alkyl carbamates (subject to hydrolysis) is 1. The highest BCUT2D eigenvalue weighted by Crippen LogP contribution is 2.35. The van der Waals surface area contributed by atoms with Crippen LogP contribution in [-0.4, -0.2) is 85.1 Å². The van der Waals surface area contributed by atoms with Crippen molar-refractivity contribution in [1.29, 1.82) is 5.26 Å². The van der Waals surface area contributed by atoms with Crippen molar-refractivity contribution in [2.45, 2.75) is 102 Å². The summed E-state index contributed by atoms with van der Waals surface area (Å²) in [6.45, 7) is 15.4. The molecule has 4 atom stereocenters. The third kappa shape index (κ3) is 11.3. The number of pyridine rings is 1. The molecule has 3 N–H and O–H groups in total. The first-order valence-corrected chi connectivity index (χ1v) is 21.6. The zero-order valence-corrected chi connectivity index (χ0v) is 37.1. The average Bonchev–Trinajstić information content (AvgIpc) is 3.64. The number of aromatic nitrogens is 1. The molecule has 0 aliphatic carbocycles. The number of carbonyl (C=O) groups excluding carboxylic acids is 4. The summed E-state index contributed by atoms with van der Waals surface area (Å²) in [7, 11) is -2.90. The molecule has 5 rings (SSSR count). The van der Waals surface area contributed by atoms with Crippen molar-refractivity contribution < 1.29 is 41.8 Å². The number of carbonyl (C=O) groups is 4. The average molecular weight is 867 g/mol. The summed E-state index contributed by atoms with van der Waals surface area (Å²) in [4.78, 5) is 62.5. The fourth-order valence-electron chi connectivity index (χ4n) is 6.93. The maximum Gasteiger partial charge on any atom is 0.408 e. The first-order chi connectivity index (χ1) is 29.1. The van der Waals surface area contributed by atoms with E-state index in [-0.39, 0.29) is 36.3 Å². The Hall–Kier alpha value is -6.47. The van der Waals surface area contributed by atoms with Gasteiger partial charge in [0.1, 0.15) is 40.8 Å². The summed E-state index contributed by atoms with van der Waals surface area (Å²) in [6.07, 6.45) is -0.00511. The van der Waals surface area contributed by atoms with Crippen LogP contribution in [0, 0.1) is 16.7 Å². The minimum absolute atomic E-state index is 0.0514. The van der Waals surface area contributed by atoms with Gasteiger partial charge in [-0.1, -0.05) is 57.2 Å². The molecule has 1 saturated heterocycles. The Kier molecular flexibility index (Phi) is 14.0. The molecule has 0 radical (unpaired) electrons. The van der Waals surface area contributed by atoms with Crippen LogP contribution in [0.1, 0.15) is 73.3 Å². The molecule has 1 aliphatic rings. The van der Waals surface area contributed by atoms with Crippen LogP contribution in [0.3, 0.4) is 0 Å². The molecule has 2 heterocycles. The first-order valence-electron chi connectivity index (χ1n) is 20.1.